The molecule has 0 atom stereocenters. The van der Waals surface area contributed by atoms with Crippen molar-refractivity contribution in [1.29, 1.82) is 0 Å². The monoisotopic (exact) mass is 282 g/mol. The van der Waals surface area contributed by atoms with Gasteiger partial charge in [-0.1, -0.05) is 0 Å². The van der Waals surface area contributed by atoms with E-state index in [9.17, 15) is 4.79 Å². The van der Waals surface area contributed by atoms with E-state index in [4.69, 9.17) is 5.73 Å². The van der Waals surface area contributed by atoms with Crippen LogP contribution in [-0.4, -0.2) is 25.7 Å². The van der Waals surface area contributed by atoms with Gasteiger partial charge in [0.2, 0.25) is 0 Å². The first-order chi connectivity index (χ1) is 10.1. The lowest BCUT2D eigenvalue weighted by Crippen LogP contribution is -2.23. The predicted molar refractivity (Wildman–Crippen MR) is 78.3 cm³/mol. The summed E-state index contributed by atoms with van der Waals surface area (Å²) in [5, 5.41) is 6.84. The van der Waals surface area contributed by atoms with Crippen LogP contribution in [0.4, 0.5) is 5.82 Å². The molecule has 0 radical (unpaired) electrons. The van der Waals surface area contributed by atoms with Gasteiger partial charge in [0.05, 0.1) is 17.2 Å². The molecule has 0 aliphatic carbocycles. The van der Waals surface area contributed by atoms with Crippen molar-refractivity contribution in [1.82, 2.24) is 25.1 Å². The Hall–Kier alpha value is -2.96. The summed E-state index contributed by atoms with van der Waals surface area (Å²) in [7, 11) is 1.75. The summed E-state index contributed by atoms with van der Waals surface area (Å²) in [6, 6.07) is 5.21. The Morgan fingerprint density at radius 2 is 2.05 bits per heavy atom. The maximum absolute atomic E-state index is 12.2. The van der Waals surface area contributed by atoms with E-state index in [-0.39, 0.29) is 5.91 Å². The third-order valence-electron chi connectivity index (χ3n) is 3.24. The van der Waals surface area contributed by atoms with Crippen molar-refractivity contribution < 1.29 is 4.79 Å². The van der Waals surface area contributed by atoms with Crippen LogP contribution in [0.1, 0.15) is 15.9 Å². The van der Waals surface area contributed by atoms with Gasteiger partial charge in [0.15, 0.2) is 0 Å². The molecule has 3 N–H and O–H groups in total. The van der Waals surface area contributed by atoms with Crippen LogP contribution in [0.5, 0.6) is 0 Å². The summed E-state index contributed by atoms with van der Waals surface area (Å²) >= 11 is 0. The van der Waals surface area contributed by atoms with Crippen LogP contribution in [0, 0.1) is 0 Å². The smallest absolute Gasteiger partial charge is 0.251 e. The average Bonchev–Trinajstić information content (AvgIpc) is 2.84. The molecule has 0 saturated heterocycles. The molecule has 1 aromatic carbocycles. The first kappa shape index (κ1) is 13.0. The standard InChI is InChI=1S/C14H14N6O/c1-20-13(15)10(8-19-20)7-18-14(21)9-2-3-11-12(6-9)17-5-4-16-11/h2-6,8H,7,15H2,1H3,(H,18,21). The largest absolute Gasteiger partial charge is 0.384 e. The third kappa shape index (κ3) is 2.53. The van der Waals surface area contributed by atoms with Gasteiger partial charge in [0.1, 0.15) is 5.82 Å². The highest BCUT2D eigenvalue weighted by molar-refractivity contribution is 5.97. The minimum Gasteiger partial charge on any atom is -0.384 e. The van der Waals surface area contributed by atoms with Gasteiger partial charge in [-0.05, 0) is 18.2 Å². The molecule has 0 fully saturated rings. The van der Waals surface area contributed by atoms with E-state index in [0.717, 1.165) is 11.1 Å². The van der Waals surface area contributed by atoms with Gasteiger partial charge in [-0.15, -0.1) is 0 Å². The Morgan fingerprint density at radius 3 is 2.76 bits per heavy atom. The van der Waals surface area contributed by atoms with Crippen molar-refractivity contribution in [3.05, 3.63) is 47.9 Å². The zero-order valence-electron chi connectivity index (χ0n) is 11.4. The molecule has 0 unspecified atom stereocenters. The summed E-state index contributed by atoms with van der Waals surface area (Å²) in [5.41, 5.74) is 8.59. The Morgan fingerprint density at radius 1 is 1.29 bits per heavy atom. The number of carbonyl (C=O) groups is 1. The van der Waals surface area contributed by atoms with Gasteiger partial charge in [0, 0.05) is 37.1 Å². The first-order valence-electron chi connectivity index (χ1n) is 6.40. The fourth-order valence-corrected chi connectivity index (χ4v) is 2.01. The molecule has 0 spiro atoms. The lowest BCUT2D eigenvalue weighted by Gasteiger charge is -2.05. The predicted octanol–water partition coefficient (Wildman–Crippen LogP) is 0.875. The second kappa shape index (κ2) is 5.20. The number of hydrogen-bond acceptors (Lipinski definition) is 5. The molecule has 0 saturated carbocycles. The van der Waals surface area contributed by atoms with Gasteiger partial charge in [-0.25, -0.2) is 0 Å². The molecule has 3 aromatic rings. The number of benzene rings is 1. The van der Waals surface area contributed by atoms with Crippen LogP contribution in [0.15, 0.2) is 36.8 Å². The number of hydrogen-bond donors (Lipinski definition) is 2. The molecule has 0 aliphatic heterocycles. The maximum atomic E-state index is 12.2. The summed E-state index contributed by atoms with van der Waals surface area (Å²) in [5.74, 6) is 0.352. The van der Waals surface area contributed by atoms with Gasteiger partial charge < -0.3 is 11.1 Å². The van der Waals surface area contributed by atoms with Crippen LogP contribution in [0.25, 0.3) is 11.0 Å². The van der Waals surface area contributed by atoms with Gasteiger partial charge >= 0.3 is 0 Å². The number of aromatic nitrogens is 4. The number of aryl methyl sites for hydroxylation is 1. The zero-order valence-corrected chi connectivity index (χ0v) is 11.4. The average molecular weight is 282 g/mol. The van der Waals surface area contributed by atoms with Crippen LogP contribution in [0.2, 0.25) is 0 Å². The Labute approximate surface area is 120 Å². The highest BCUT2D eigenvalue weighted by atomic mass is 16.1. The molecular weight excluding hydrogens is 268 g/mol. The normalized spacial score (nSPS) is 10.7. The Bertz CT molecular complexity index is 810. The van der Waals surface area contributed by atoms with Crippen molar-refractivity contribution >= 4 is 22.8 Å². The van der Waals surface area contributed by atoms with E-state index in [1.807, 2.05) is 0 Å². The lowest BCUT2D eigenvalue weighted by molar-refractivity contribution is 0.0951. The second-order valence-electron chi connectivity index (χ2n) is 4.62. The van der Waals surface area contributed by atoms with Crippen LogP contribution < -0.4 is 11.1 Å². The topological polar surface area (TPSA) is 98.7 Å². The summed E-state index contributed by atoms with van der Waals surface area (Å²) in [6.45, 7) is 0.330. The number of nitrogens with two attached hydrogens (primary N) is 1. The molecule has 1 amide bonds. The van der Waals surface area contributed by atoms with Crippen molar-refractivity contribution in [2.45, 2.75) is 6.54 Å². The molecule has 7 nitrogen and oxygen atoms in total. The molecule has 106 valence electrons. The number of amides is 1. The molecule has 7 heteroatoms. The number of nitrogens with zero attached hydrogens (tertiary/aromatic N) is 4. The van der Waals surface area contributed by atoms with Crippen LogP contribution in [0.3, 0.4) is 0 Å². The van der Waals surface area contributed by atoms with E-state index < -0.39 is 0 Å². The molecule has 2 aromatic heterocycles. The molecule has 2 heterocycles. The van der Waals surface area contributed by atoms with E-state index in [1.54, 1.807) is 48.5 Å². The number of nitrogen functional groups attached to an aromatic ring is 1. The molecular formula is C14H14N6O. The highest BCUT2D eigenvalue weighted by Crippen LogP contribution is 2.12. The Balaban J connectivity index is 1.76. The third-order valence-corrected chi connectivity index (χ3v) is 3.24. The molecule has 3 rings (SSSR count). The van der Waals surface area contributed by atoms with E-state index >= 15 is 0 Å². The fourth-order valence-electron chi connectivity index (χ4n) is 2.01. The van der Waals surface area contributed by atoms with Gasteiger partial charge in [-0.3, -0.25) is 19.4 Å². The highest BCUT2D eigenvalue weighted by Gasteiger charge is 2.09. The first-order valence-corrected chi connectivity index (χ1v) is 6.40. The Kier molecular flexibility index (Phi) is 3.23. The van der Waals surface area contributed by atoms with Gasteiger partial charge in [0.25, 0.3) is 5.91 Å². The zero-order chi connectivity index (χ0) is 14.8. The van der Waals surface area contributed by atoms with Crippen molar-refractivity contribution in [3.8, 4) is 0 Å². The van der Waals surface area contributed by atoms with Crippen molar-refractivity contribution in [3.63, 3.8) is 0 Å². The quantitative estimate of drug-likeness (QED) is 0.743. The number of rotatable bonds is 3. The van der Waals surface area contributed by atoms with E-state index in [0.29, 0.717) is 23.4 Å². The number of nitrogens with one attached hydrogen (secondary N) is 1. The molecule has 0 bridgehead atoms. The molecule has 21 heavy (non-hydrogen) atoms. The number of fused-ring (bicyclic) bond motifs is 1. The van der Waals surface area contributed by atoms with Crippen LogP contribution >= 0.6 is 0 Å². The van der Waals surface area contributed by atoms with Gasteiger partial charge in [-0.2, -0.15) is 5.10 Å². The van der Waals surface area contributed by atoms with Crippen LogP contribution in [-0.2, 0) is 13.6 Å². The number of carbonyl (C=O) groups excluding carboxylic acids is 1. The fraction of sp³-hybridized carbons (Fsp3) is 0.143. The van der Waals surface area contributed by atoms with Crippen molar-refractivity contribution in [2.75, 3.05) is 5.73 Å². The maximum Gasteiger partial charge on any atom is 0.251 e. The van der Waals surface area contributed by atoms with E-state index in [1.165, 1.54) is 0 Å². The lowest BCUT2D eigenvalue weighted by atomic mass is 10.2. The number of anilines is 1. The summed E-state index contributed by atoms with van der Waals surface area (Å²) in [6.07, 6.45) is 4.86. The SMILES string of the molecule is Cn1ncc(CNC(=O)c2ccc3nccnc3c2)c1N. The second-order valence-corrected chi connectivity index (χ2v) is 4.62. The minimum absolute atomic E-state index is 0.189. The van der Waals surface area contributed by atoms with Crippen molar-refractivity contribution in [2.24, 2.45) is 7.05 Å². The molecule has 0 aliphatic rings. The van der Waals surface area contributed by atoms with E-state index in [2.05, 4.69) is 20.4 Å². The minimum atomic E-state index is -0.189. The summed E-state index contributed by atoms with van der Waals surface area (Å²) in [4.78, 5) is 20.5. The summed E-state index contributed by atoms with van der Waals surface area (Å²) < 4.78 is 1.56.